The minimum atomic E-state index is -0.993. The van der Waals surface area contributed by atoms with Gasteiger partial charge in [0.25, 0.3) is 5.22 Å². The summed E-state index contributed by atoms with van der Waals surface area (Å²) in [6, 6.07) is 4.58. The highest BCUT2D eigenvalue weighted by Crippen LogP contribution is 2.31. The number of nitrogens with zero attached hydrogens (tertiary/aromatic N) is 3. The van der Waals surface area contributed by atoms with Crippen LogP contribution in [0, 0.1) is 6.92 Å². The minimum absolute atomic E-state index is 0.173. The molecule has 0 bridgehead atoms. The molecule has 2 heterocycles. The van der Waals surface area contributed by atoms with Crippen LogP contribution in [-0.2, 0) is 0 Å². The van der Waals surface area contributed by atoms with Crippen LogP contribution in [0.3, 0.4) is 0 Å². The molecule has 2 aromatic heterocycles. The molecule has 0 aliphatic heterocycles. The van der Waals surface area contributed by atoms with Crippen molar-refractivity contribution in [1.29, 1.82) is 0 Å². The van der Waals surface area contributed by atoms with Gasteiger partial charge in [-0.25, -0.2) is 9.78 Å². The van der Waals surface area contributed by atoms with Crippen LogP contribution in [0.2, 0.25) is 0 Å². The number of carboxylic acid groups (broad SMARTS) is 1. The standard InChI is InChI=1S/C11H7N3O3S2/c1-5-13-14-11(18-5)19-10-12-7-3-2-6(9(15)16)4-8(7)17-10/h2-4H,1H3,(H,15,16). The zero-order valence-electron chi connectivity index (χ0n) is 9.65. The number of rotatable bonds is 3. The van der Waals surface area contributed by atoms with E-state index < -0.39 is 5.97 Å². The lowest BCUT2D eigenvalue weighted by molar-refractivity contribution is 0.0697. The maximum atomic E-state index is 10.9. The Bertz CT molecular complexity index is 765. The van der Waals surface area contributed by atoms with Gasteiger partial charge in [-0.05, 0) is 25.1 Å². The fourth-order valence-electron chi connectivity index (χ4n) is 1.47. The Labute approximate surface area is 115 Å². The van der Waals surface area contributed by atoms with Crippen LogP contribution in [0.4, 0.5) is 0 Å². The molecule has 8 heteroatoms. The molecular weight excluding hydrogens is 286 g/mol. The molecule has 0 atom stereocenters. The molecular formula is C11H7N3O3S2. The monoisotopic (exact) mass is 293 g/mol. The Morgan fingerprint density at radius 3 is 2.95 bits per heavy atom. The van der Waals surface area contributed by atoms with Gasteiger partial charge in [-0.15, -0.1) is 10.2 Å². The van der Waals surface area contributed by atoms with Crippen LogP contribution in [0.25, 0.3) is 11.1 Å². The number of fused-ring (bicyclic) bond motifs is 1. The fraction of sp³-hybridized carbons (Fsp3) is 0.0909. The van der Waals surface area contributed by atoms with Crippen molar-refractivity contribution in [2.24, 2.45) is 0 Å². The highest BCUT2D eigenvalue weighted by atomic mass is 32.2. The number of aryl methyl sites for hydroxylation is 1. The van der Waals surface area contributed by atoms with Crippen LogP contribution < -0.4 is 0 Å². The molecule has 0 aliphatic rings. The fourth-order valence-corrected chi connectivity index (χ4v) is 3.14. The van der Waals surface area contributed by atoms with Gasteiger partial charge in [-0.3, -0.25) is 0 Å². The van der Waals surface area contributed by atoms with Gasteiger partial charge >= 0.3 is 5.97 Å². The number of aromatic carboxylic acids is 1. The first-order valence-electron chi connectivity index (χ1n) is 5.23. The quantitative estimate of drug-likeness (QED) is 0.794. The number of carboxylic acids is 1. The second-order valence-corrected chi connectivity index (χ2v) is 6.04. The van der Waals surface area contributed by atoms with Gasteiger partial charge in [0.05, 0.1) is 5.56 Å². The SMILES string of the molecule is Cc1nnc(Sc2nc3ccc(C(=O)O)cc3o2)s1. The molecule has 96 valence electrons. The van der Waals surface area contributed by atoms with E-state index in [9.17, 15) is 4.79 Å². The summed E-state index contributed by atoms with van der Waals surface area (Å²) < 4.78 is 6.24. The highest BCUT2D eigenvalue weighted by molar-refractivity contribution is 8.00. The van der Waals surface area contributed by atoms with E-state index in [-0.39, 0.29) is 5.56 Å². The maximum Gasteiger partial charge on any atom is 0.335 e. The molecule has 3 aromatic rings. The summed E-state index contributed by atoms with van der Waals surface area (Å²) in [6.45, 7) is 1.87. The smallest absolute Gasteiger partial charge is 0.335 e. The second kappa shape index (κ2) is 4.63. The van der Waals surface area contributed by atoms with Crippen molar-refractivity contribution in [1.82, 2.24) is 15.2 Å². The van der Waals surface area contributed by atoms with E-state index in [0.29, 0.717) is 16.3 Å². The van der Waals surface area contributed by atoms with Crippen molar-refractivity contribution in [3.05, 3.63) is 28.8 Å². The van der Waals surface area contributed by atoms with Gasteiger partial charge in [-0.2, -0.15) is 0 Å². The summed E-state index contributed by atoms with van der Waals surface area (Å²) in [5, 5.41) is 18.1. The third-order valence-corrected chi connectivity index (χ3v) is 4.04. The first kappa shape index (κ1) is 12.1. The largest absolute Gasteiger partial charge is 0.478 e. The third kappa shape index (κ3) is 2.45. The Balaban J connectivity index is 1.95. The van der Waals surface area contributed by atoms with E-state index in [1.807, 2.05) is 6.92 Å². The molecule has 3 rings (SSSR count). The van der Waals surface area contributed by atoms with Crippen molar-refractivity contribution >= 4 is 40.2 Å². The molecule has 0 radical (unpaired) electrons. The van der Waals surface area contributed by atoms with E-state index in [4.69, 9.17) is 9.52 Å². The first-order chi connectivity index (χ1) is 9.11. The van der Waals surface area contributed by atoms with Crippen LogP contribution in [-0.4, -0.2) is 26.3 Å². The predicted molar refractivity (Wildman–Crippen MR) is 69.7 cm³/mol. The molecule has 1 N–H and O–H groups in total. The minimum Gasteiger partial charge on any atom is -0.478 e. The Morgan fingerprint density at radius 1 is 1.42 bits per heavy atom. The normalized spacial score (nSPS) is 11.0. The lowest BCUT2D eigenvalue weighted by atomic mass is 10.2. The van der Waals surface area contributed by atoms with Gasteiger partial charge in [0, 0.05) is 11.8 Å². The molecule has 0 unspecified atom stereocenters. The van der Waals surface area contributed by atoms with E-state index in [1.165, 1.54) is 35.2 Å². The summed E-state index contributed by atoms with van der Waals surface area (Å²) >= 11 is 2.72. The molecule has 0 spiro atoms. The van der Waals surface area contributed by atoms with Crippen LogP contribution in [0.1, 0.15) is 15.4 Å². The lowest BCUT2D eigenvalue weighted by Crippen LogP contribution is -1.94. The van der Waals surface area contributed by atoms with Gasteiger partial charge in [0.15, 0.2) is 9.92 Å². The summed E-state index contributed by atoms with van der Waals surface area (Å²) in [5.74, 6) is -0.993. The number of hydrogen-bond donors (Lipinski definition) is 1. The Hall–Kier alpha value is -1.93. The van der Waals surface area contributed by atoms with Crippen LogP contribution in [0.5, 0.6) is 0 Å². The second-order valence-electron chi connectivity index (χ2n) is 3.66. The molecule has 1 aromatic carbocycles. The molecule has 19 heavy (non-hydrogen) atoms. The van der Waals surface area contributed by atoms with E-state index in [2.05, 4.69) is 15.2 Å². The van der Waals surface area contributed by atoms with Gasteiger partial charge in [0.1, 0.15) is 10.5 Å². The van der Waals surface area contributed by atoms with Crippen LogP contribution >= 0.6 is 23.1 Å². The van der Waals surface area contributed by atoms with Crippen molar-refractivity contribution < 1.29 is 14.3 Å². The summed E-state index contributed by atoms with van der Waals surface area (Å²) in [6.07, 6.45) is 0. The topological polar surface area (TPSA) is 89.1 Å². The molecule has 0 fully saturated rings. The zero-order chi connectivity index (χ0) is 13.4. The zero-order valence-corrected chi connectivity index (χ0v) is 11.3. The predicted octanol–water partition coefficient (Wildman–Crippen LogP) is 2.84. The number of aromatic nitrogens is 3. The third-order valence-electron chi connectivity index (χ3n) is 2.30. The maximum absolute atomic E-state index is 10.9. The summed E-state index contributed by atoms with van der Waals surface area (Å²) in [5.41, 5.74) is 1.24. The lowest BCUT2D eigenvalue weighted by Gasteiger charge is -1.91. The van der Waals surface area contributed by atoms with Crippen molar-refractivity contribution in [3.63, 3.8) is 0 Å². The molecule has 6 nitrogen and oxygen atoms in total. The van der Waals surface area contributed by atoms with Crippen molar-refractivity contribution in [3.8, 4) is 0 Å². The van der Waals surface area contributed by atoms with Crippen molar-refractivity contribution in [2.45, 2.75) is 16.5 Å². The van der Waals surface area contributed by atoms with Crippen molar-refractivity contribution in [2.75, 3.05) is 0 Å². The van der Waals surface area contributed by atoms with Gasteiger partial charge in [0.2, 0.25) is 0 Å². The van der Waals surface area contributed by atoms with Crippen LogP contribution in [0.15, 0.2) is 32.2 Å². The molecule has 0 saturated carbocycles. The van der Waals surface area contributed by atoms with E-state index in [1.54, 1.807) is 6.07 Å². The molecule has 0 amide bonds. The van der Waals surface area contributed by atoms with Gasteiger partial charge < -0.3 is 9.52 Å². The highest BCUT2D eigenvalue weighted by Gasteiger charge is 2.12. The number of benzene rings is 1. The average Bonchev–Trinajstić information content (AvgIpc) is 2.94. The average molecular weight is 293 g/mol. The first-order valence-corrected chi connectivity index (χ1v) is 6.87. The summed E-state index contributed by atoms with van der Waals surface area (Å²) in [4.78, 5) is 15.1. The molecule has 0 saturated heterocycles. The number of hydrogen-bond acceptors (Lipinski definition) is 7. The van der Waals surface area contributed by atoms with E-state index in [0.717, 1.165) is 9.35 Å². The number of oxazole rings is 1. The van der Waals surface area contributed by atoms with E-state index >= 15 is 0 Å². The number of carbonyl (C=O) groups is 1. The Kier molecular flexibility index (Phi) is 2.96. The summed E-state index contributed by atoms with van der Waals surface area (Å²) in [7, 11) is 0. The van der Waals surface area contributed by atoms with Gasteiger partial charge in [-0.1, -0.05) is 11.3 Å². The Morgan fingerprint density at radius 2 is 2.26 bits per heavy atom. The molecule has 0 aliphatic carbocycles.